The minimum atomic E-state index is -0.417. The number of rotatable bonds is 4. The molecule has 1 fully saturated rings. The first-order valence-electron chi connectivity index (χ1n) is 8.81. The molecule has 1 amide bonds. The van der Waals surface area contributed by atoms with Crippen LogP contribution in [-0.4, -0.2) is 56.6 Å². The van der Waals surface area contributed by atoms with E-state index in [1.807, 2.05) is 0 Å². The number of aromatic nitrogens is 4. The molecule has 0 unspecified atom stereocenters. The van der Waals surface area contributed by atoms with Crippen LogP contribution in [0.4, 0.5) is 11.5 Å². The van der Waals surface area contributed by atoms with Crippen molar-refractivity contribution in [2.45, 2.75) is 18.9 Å². The molecule has 0 bridgehead atoms. The molecule has 4 rings (SSSR count). The monoisotopic (exact) mass is 367 g/mol. The molecule has 0 aliphatic carbocycles. The van der Waals surface area contributed by atoms with Crippen LogP contribution in [-0.2, 0) is 0 Å². The first-order valence-corrected chi connectivity index (χ1v) is 8.81. The molecule has 0 atom stereocenters. The van der Waals surface area contributed by atoms with E-state index in [4.69, 9.17) is 10.5 Å². The molecular weight excluding hydrogens is 346 g/mol. The third kappa shape index (κ3) is 3.54. The average molecular weight is 367 g/mol. The molecule has 9 heteroatoms. The van der Waals surface area contributed by atoms with Gasteiger partial charge in [-0.1, -0.05) is 0 Å². The van der Waals surface area contributed by atoms with Crippen molar-refractivity contribution in [3.05, 3.63) is 42.5 Å². The molecule has 0 radical (unpaired) electrons. The number of carbonyl (C=O) groups is 1. The maximum Gasteiger partial charge on any atom is 0.278 e. The van der Waals surface area contributed by atoms with Crippen LogP contribution in [0.15, 0.2) is 36.8 Å². The summed E-state index contributed by atoms with van der Waals surface area (Å²) < 4.78 is 7.54. The van der Waals surface area contributed by atoms with Crippen LogP contribution in [0.1, 0.15) is 23.3 Å². The first kappa shape index (κ1) is 17.2. The van der Waals surface area contributed by atoms with Gasteiger partial charge in [0.2, 0.25) is 0 Å². The molecule has 3 aromatic heterocycles. The Morgan fingerprint density at radius 3 is 2.93 bits per heavy atom. The summed E-state index contributed by atoms with van der Waals surface area (Å²) in [6, 6.07) is 5.22. The predicted octanol–water partition coefficient (Wildman–Crippen LogP) is 1.43. The Labute approximate surface area is 156 Å². The molecule has 0 spiro atoms. The SMILES string of the molecule is CN1CCC(Oc2ccncc2NC(=O)c2c(N)nc3cccnn23)CC1. The lowest BCUT2D eigenvalue weighted by molar-refractivity contribution is 0.101. The number of pyridine rings is 1. The van der Waals surface area contributed by atoms with E-state index in [-0.39, 0.29) is 17.6 Å². The smallest absolute Gasteiger partial charge is 0.278 e. The van der Waals surface area contributed by atoms with E-state index in [9.17, 15) is 4.79 Å². The number of hydrogen-bond donors (Lipinski definition) is 2. The molecule has 3 N–H and O–H groups in total. The van der Waals surface area contributed by atoms with Crippen LogP contribution in [0.2, 0.25) is 0 Å². The van der Waals surface area contributed by atoms with Gasteiger partial charge in [-0.25, -0.2) is 9.50 Å². The lowest BCUT2D eigenvalue weighted by atomic mass is 10.1. The number of amides is 1. The van der Waals surface area contributed by atoms with Crippen LogP contribution in [0.25, 0.3) is 5.65 Å². The topological polar surface area (TPSA) is 111 Å². The fourth-order valence-corrected chi connectivity index (χ4v) is 3.16. The van der Waals surface area contributed by atoms with Gasteiger partial charge in [-0.3, -0.25) is 9.78 Å². The molecular formula is C18H21N7O2. The van der Waals surface area contributed by atoms with E-state index in [0.717, 1.165) is 25.9 Å². The molecule has 1 aliphatic heterocycles. The average Bonchev–Trinajstić information content (AvgIpc) is 3.01. The number of nitrogens with zero attached hydrogens (tertiary/aromatic N) is 5. The van der Waals surface area contributed by atoms with Crippen LogP contribution >= 0.6 is 0 Å². The third-order valence-electron chi connectivity index (χ3n) is 4.62. The number of anilines is 2. The van der Waals surface area contributed by atoms with Crippen molar-refractivity contribution >= 4 is 23.1 Å². The van der Waals surface area contributed by atoms with Gasteiger partial charge in [0.1, 0.15) is 17.5 Å². The number of ether oxygens (including phenoxy) is 1. The number of nitrogens with two attached hydrogens (primary N) is 1. The highest BCUT2D eigenvalue weighted by molar-refractivity contribution is 6.07. The van der Waals surface area contributed by atoms with E-state index >= 15 is 0 Å². The van der Waals surface area contributed by atoms with Crippen molar-refractivity contribution in [2.75, 3.05) is 31.2 Å². The second-order valence-electron chi connectivity index (χ2n) is 6.59. The highest BCUT2D eigenvalue weighted by Crippen LogP contribution is 2.27. The van der Waals surface area contributed by atoms with Gasteiger partial charge < -0.3 is 20.7 Å². The molecule has 0 aromatic carbocycles. The lowest BCUT2D eigenvalue weighted by Crippen LogP contribution is -2.35. The quantitative estimate of drug-likeness (QED) is 0.717. The number of hydrogen-bond acceptors (Lipinski definition) is 7. The van der Waals surface area contributed by atoms with Crippen LogP contribution in [0, 0.1) is 0 Å². The first-order chi connectivity index (χ1) is 13.1. The standard InChI is InChI=1S/C18H21N7O2/c1-24-9-5-12(6-10-24)27-14-4-8-20-11-13(14)22-18(26)16-17(19)23-15-3-2-7-21-25(15)16/h2-4,7-8,11-12H,5-6,9-10,19H2,1H3,(H,22,26). The Kier molecular flexibility index (Phi) is 4.59. The molecule has 3 aromatic rings. The summed E-state index contributed by atoms with van der Waals surface area (Å²) in [4.78, 5) is 23.4. The summed E-state index contributed by atoms with van der Waals surface area (Å²) in [7, 11) is 2.10. The fraction of sp³-hybridized carbons (Fsp3) is 0.333. The predicted molar refractivity (Wildman–Crippen MR) is 101 cm³/mol. The Bertz CT molecular complexity index is 963. The maximum absolute atomic E-state index is 12.8. The summed E-state index contributed by atoms with van der Waals surface area (Å²) in [6.45, 7) is 1.98. The second kappa shape index (κ2) is 7.20. The number of piperidine rings is 1. The van der Waals surface area contributed by atoms with Gasteiger partial charge in [-0.2, -0.15) is 5.10 Å². The minimum Gasteiger partial charge on any atom is -0.488 e. The Morgan fingerprint density at radius 2 is 2.11 bits per heavy atom. The minimum absolute atomic E-state index is 0.113. The van der Waals surface area contributed by atoms with Crippen molar-refractivity contribution in [1.29, 1.82) is 0 Å². The zero-order valence-corrected chi connectivity index (χ0v) is 15.0. The van der Waals surface area contributed by atoms with Crippen LogP contribution in [0.5, 0.6) is 5.75 Å². The molecule has 9 nitrogen and oxygen atoms in total. The van der Waals surface area contributed by atoms with E-state index < -0.39 is 5.91 Å². The number of fused-ring (bicyclic) bond motifs is 1. The number of likely N-dealkylation sites (tertiary alicyclic amines) is 1. The Hall–Kier alpha value is -3.20. The summed E-state index contributed by atoms with van der Waals surface area (Å²) >= 11 is 0. The molecule has 0 saturated carbocycles. The summed E-state index contributed by atoms with van der Waals surface area (Å²) in [5.74, 6) is 0.293. The van der Waals surface area contributed by atoms with Gasteiger partial charge in [0.05, 0.1) is 6.20 Å². The lowest BCUT2D eigenvalue weighted by Gasteiger charge is -2.29. The molecule has 1 aliphatic rings. The van der Waals surface area contributed by atoms with Gasteiger partial charge in [0.15, 0.2) is 17.2 Å². The summed E-state index contributed by atoms with van der Waals surface area (Å²) in [5.41, 5.74) is 7.11. The molecule has 1 saturated heterocycles. The highest BCUT2D eigenvalue weighted by atomic mass is 16.5. The van der Waals surface area contributed by atoms with Crippen LogP contribution < -0.4 is 15.8 Å². The Morgan fingerprint density at radius 1 is 1.30 bits per heavy atom. The Balaban J connectivity index is 1.56. The van der Waals surface area contributed by atoms with Crippen molar-refractivity contribution in [1.82, 2.24) is 24.5 Å². The van der Waals surface area contributed by atoms with Crippen molar-refractivity contribution in [3.8, 4) is 5.75 Å². The van der Waals surface area contributed by atoms with Gasteiger partial charge in [-0.05, 0) is 32.0 Å². The van der Waals surface area contributed by atoms with Gasteiger partial charge in [-0.15, -0.1) is 0 Å². The normalized spacial score (nSPS) is 15.7. The largest absolute Gasteiger partial charge is 0.488 e. The van der Waals surface area contributed by atoms with E-state index in [2.05, 4.69) is 32.3 Å². The van der Waals surface area contributed by atoms with Gasteiger partial charge in [0.25, 0.3) is 5.91 Å². The molecule has 27 heavy (non-hydrogen) atoms. The van der Waals surface area contributed by atoms with Crippen molar-refractivity contribution in [3.63, 3.8) is 0 Å². The third-order valence-corrected chi connectivity index (χ3v) is 4.62. The zero-order chi connectivity index (χ0) is 18.8. The van der Waals surface area contributed by atoms with Crippen molar-refractivity contribution < 1.29 is 9.53 Å². The number of imidazole rings is 1. The highest BCUT2D eigenvalue weighted by Gasteiger charge is 2.22. The van der Waals surface area contributed by atoms with Crippen molar-refractivity contribution in [2.24, 2.45) is 0 Å². The summed E-state index contributed by atoms with van der Waals surface area (Å²) in [6.07, 6.45) is 6.77. The van der Waals surface area contributed by atoms with Gasteiger partial charge >= 0.3 is 0 Å². The van der Waals surface area contributed by atoms with Gasteiger partial charge in [0, 0.05) is 31.5 Å². The second-order valence-corrected chi connectivity index (χ2v) is 6.59. The fourth-order valence-electron chi connectivity index (χ4n) is 3.16. The van der Waals surface area contributed by atoms with E-state index in [0.29, 0.717) is 17.1 Å². The van der Waals surface area contributed by atoms with E-state index in [1.54, 1.807) is 36.8 Å². The molecule has 4 heterocycles. The number of nitrogen functional groups attached to an aromatic ring is 1. The molecule has 140 valence electrons. The maximum atomic E-state index is 12.8. The number of carbonyl (C=O) groups excluding carboxylic acids is 1. The van der Waals surface area contributed by atoms with Crippen LogP contribution in [0.3, 0.4) is 0 Å². The zero-order valence-electron chi connectivity index (χ0n) is 15.0. The number of nitrogens with one attached hydrogen (secondary N) is 1. The van der Waals surface area contributed by atoms with E-state index in [1.165, 1.54) is 4.52 Å². The summed E-state index contributed by atoms with van der Waals surface area (Å²) in [5, 5.41) is 6.98.